The summed E-state index contributed by atoms with van der Waals surface area (Å²) in [5.74, 6) is 0.339. The van der Waals surface area contributed by atoms with E-state index in [-0.39, 0.29) is 29.1 Å². The Kier molecular flexibility index (Phi) is 11.1. The maximum Gasteiger partial charge on any atom is 0.225 e. The van der Waals surface area contributed by atoms with Crippen molar-refractivity contribution in [2.75, 3.05) is 27.2 Å². The molecule has 4 rings (SSSR count). The Morgan fingerprint density at radius 2 is 1.83 bits per heavy atom. The smallest absolute Gasteiger partial charge is 0.225 e. The minimum atomic E-state index is -0.619. The van der Waals surface area contributed by atoms with Gasteiger partial charge in [0.1, 0.15) is 5.78 Å². The van der Waals surface area contributed by atoms with E-state index in [4.69, 9.17) is 0 Å². The molecule has 2 fully saturated rings. The molecule has 1 saturated heterocycles. The van der Waals surface area contributed by atoms with Crippen molar-refractivity contribution in [3.63, 3.8) is 0 Å². The summed E-state index contributed by atoms with van der Waals surface area (Å²) in [5.41, 5.74) is 7.77. The highest BCUT2D eigenvalue weighted by Crippen LogP contribution is 2.43. The molecule has 2 aliphatic heterocycles. The molecule has 0 aromatic heterocycles. The molecule has 7 nitrogen and oxygen atoms in total. The molecule has 3 atom stereocenters. The summed E-state index contributed by atoms with van der Waals surface area (Å²) in [6, 6.07) is 10.8. The van der Waals surface area contributed by atoms with E-state index in [0.29, 0.717) is 32.4 Å². The summed E-state index contributed by atoms with van der Waals surface area (Å²) in [7, 11) is 4.35. The third-order valence-corrected chi connectivity index (χ3v) is 9.96. The Labute approximate surface area is 247 Å². The lowest BCUT2D eigenvalue weighted by Gasteiger charge is -2.42. The third-order valence-electron chi connectivity index (χ3n) is 9.96. The first-order chi connectivity index (χ1) is 19.7. The van der Waals surface area contributed by atoms with Gasteiger partial charge in [0.2, 0.25) is 5.91 Å². The Bertz CT molecular complexity index is 1060. The highest BCUT2D eigenvalue weighted by atomic mass is 16.3. The van der Waals surface area contributed by atoms with Crippen LogP contribution < -0.4 is 10.9 Å². The number of hydrogen-bond donors (Lipinski definition) is 3. The lowest BCUT2D eigenvalue weighted by atomic mass is 9.70. The van der Waals surface area contributed by atoms with Crippen molar-refractivity contribution >= 4 is 11.7 Å². The Morgan fingerprint density at radius 3 is 2.49 bits per heavy atom. The van der Waals surface area contributed by atoms with Crippen molar-refractivity contribution in [2.45, 2.75) is 102 Å². The first-order valence-corrected chi connectivity index (χ1v) is 15.9. The predicted molar refractivity (Wildman–Crippen MR) is 165 cm³/mol. The number of amides is 1. The topological polar surface area (TPSA) is 84.9 Å². The van der Waals surface area contributed by atoms with Gasteiger partial charge >= 0.3 is 0 Å². The zero-order valence-corrected chi connectivity index (χ0v) is 25.5. The fourth-order valence-corrected chi connectivity index (χ4v) is 7.11. The number of benzene rings is 1. The number of carbonyl (C=O) groups excluding carboxylic acids is 2. The van der Waals surface area contributed by atoms with E-state index in [1.165, 1.54) is 5.56 Å². The van der Waals surface area contributed by atoms with Crippen molar-refractivity contribution in [2.24, 2.45) is 11.8 Å². The van der Waals surface area contributed by atoms with Gasteiger partial charge in [-0.25, -0.2) is 0 Å². The van der Waals surface area contributed by atoms with Gasteiger partial charge in [-0.05, 0) is 102 Å². The molecule has 1 aromatic rings. The zero-order chi connectivity index (χ0) is 29.3. The third kappa shape index (κ3) is 8.23. The highest BCUT2D eigenvalue weighted by Gasteiger charge is 2.41. The Morgan fingerprint density at radius 1 is 1.07 bits per heavy atom. The highest BCUT2D eigenvalue weighted by molar-refractivity contribution is 5.81. The lowest BCUT2D eigenvalue weighted by Crippen LogP contribution is -2.44. The minimum absolute atomic E-state index is 0.108. The van der Waals surface area contributed by atoms with Crippen LogP contribution in [-0.4, -0.2) is 59.4 Å². The molecular formula is C34H52N4O3. The number of aliphatic hydroxyl groups is 1. The second-order valence-corrected chi connectivity index (χ2v) is 12.9. The Balaban J connectivity index is 1.47. The summed E-state index contributed by atoms with van der Waals surface area (Å²) < 4.78 is 0. The van der Waals surface area contributed by atoms with E-state index in [0.717, 1.165) is 69.9 Å². The van der Waals surface area contributed by atoms with E-state index in [1.54, 1.807) is 0 Å². The number of hydrogen-bond acceptors (Lipinski definition) is 6. The average molecular weight is 565 g/mol. The molecule has 0 bridgehead atoms. The number of carbonyl (C=O) groups is 2. The van der Waals surface area contributed by atoms with Gasteiger partial charge in [-0.15, -0.1) is 0 Å². The van der Waals surface area contributed by atoms with Gasteiger partial charge in [0.15, 0.2) is 0 Å². The zero-order valence-electron chi connectivity index (χ0n) is 25.5. The van der Waals surface area contributed by atoms with Gasteiger partial charge in [-0.3, -0.25) is 14.5 Å². The number of Topliss-reactive ketones (excluding diaryl/α,β-unsaturated/α-hetero) is 1. The normalized spacial score (nSPS) is 26.8. The summed E-state index contributed by atoms with van der Waals surface area (Å²) in [6.07, 6.45) is 16.6. The molecule has 3 aliphatic rings. The quantitative estimate of drug-likeness (QED) is 0.333. The van der Waals surface area contributed by atoms with Crippen molar-refractivity contribution in [3.8, 4) is 0 Å². The van der Waals surface area contributed by atoms with E-state index < -0.39 is 5.60 Å². The number of rotatable bonds is 11. The number of hydrazine groups is 1. The maximum absolute atomic E-state index is 14.0. The van der Waals surface area contributed by atoms with Crippen LogP contribution in [0.3, 0.4) is 0 Å². The molecule has 1 saturated carbocycles. The summed E-state index contributed by atoms with van der Waals surface area (Å²) in [6.45, 7) is 3.20. The van der Waals surface area contributed by atoms with Gasteiger partial charge in [-0.2, -0.15) is 0 Å². The molecule has 226 valence electrons. The van der Waals surface area contributed by atoms with E-state index in [1.807, 2.05) is 23.3 Å². The van der Waals surface area contributed by atoms with Crippen LogP contribution in [0.4, 0.5) is 0 Å². The van der Waals surface area contributed by atoms with Crippen LogP contribution in [0.5, 0.6) is 0 Å². The van der Waals surface area contributed by atoms with Crippen molar-refractivity contribution in [3.05, 3.63) is 59.9 Å². The lowest BCUT2D eigenvalue weighted by molar-refractivity contribution is -0.139. The monoisotopic (exact) mass is 564 g/mol. The summed E-state index contributed by atoms with van der Waals surface area (Å²) >= 11 is 0. The van der Waals surface area contributed by atoms with Gasteiger partial charge in [-0.1, -0.05) is 43.7 Å². The van der Waals surface area contributed by atoms with E-state index >= 15 is 0 Å². The first kappa shape index (κ1) is 31.3. The molecule has 1 aromatic carbocycles. The van der Waals surface area contributed by atoms with E-state index in [9.17, 15) is 14.7 Å². The average Bonchev–Trinajstić information content (AvgIpc) is 2.98. The number of ketones is 1. The number of allylic oxidation sites excluding steroid dienone is 3. The minimum Gasteiger partial charge on any atom is -0.390 e. The fraction of sp³-hybridized carbons (Fsp3) is 0.647. The van der Waals surface area contributed by atoms with Crippen LogP contribution in [0.25, 0.3) is 0 Å². The molecule has 3 N–H and O–H groups in total. The van der Waals surface area contributed by atoms with Crippen molar-refractivity contribution < 1.29 is 14.7 Å². The van der Waals surface area contributed by atoms with E-state index in [2.05, 4.69) is 67.1 Å². The molecule has 41 heavy (non-hydrogen) atoms. The molecule has 2 unspecified atom stereocenters. The predicted octanol–water partition coefficient (Wildman–Crippen LogP) is 5.43. The Hall–Kier alpha value is -2.64. The molecular weight excluding hydrogens is 512 g/mol. The largest absolute Gasteiger partial charge is 0.390 e. The van der Waals surface area contributed by atoms with Crippen molar-refractivity contribution in [1.82, 2.24) is 20.7 Å². The number of nitrogens with zero attached hydrogens (tertiary/aromatic N) is 2. The van der Waals surface area contributed by atoms with Crippen LogP contribution in [0.1, 0.15) is 96.0 Å². The summed E-state index contributed by atoms with van der Waals surface area (Å²) in [5, 5.41) is 11.1. The standard InChI is InChI=1S/C34H52N4O3/c1-27-28(26-33(41)19-10-20-33)12-8-21-34(37(2)3,29-13-5-4-6-14-29)22-11-24-38(32(27)40)25-18-31(39)17-7-15-30-16-9-23-35-36-30/h4-6,9,13-14,16,23,27-28,35-36,41H,7-8,10-12,15,17-22,24-26H2,1-3H3/t27?,28?,34-/m1/s1. The van der Waals surface area contributed by atoms with Crippen LogP contribution in [0.15, 0.2) is 54.4 Å². The molecule has 1 aliphatic carbocycles. The molecule has 0 radical (unpaired) electrons. The molecule has 0 spiro atoms. The van der Waals surface area contributed by atoms with Gasteiger partial charge in [0.05, 0.1) is 5.60 Å². The second kappa shape index (κ2) is 14.5. The van der Waals surface area contributed by atoms with Crippen LogP contribution in [0, 0.1) is 11.8 Å². The molecule has 1 amide bonds. The SMILES string of the molecule is CC1C(=O)N(CCC(=O)CCCC2=CC=CNN2)CCC[C@](c2ccccc2)(N(C)C)CCCC1CC1(O)CCC1. The van der Waals surface area contributed by atoms with Crippen LogP contribution in [-0.2, 0) is 15.1 Å². The molecule has 7 heteroatoms. The first-order valence-electron chi connectivity index (χ1n) is 15.9. The summed E-state index contributed by atoms with van der Waals surface area (Å²) in [4.78, 5) is 31.2. The second-order valence-electron chi connectivity index (χ2n) is 12.9. The van der Waals surface area contributed by atoms with Crippen LogP contribution in [0.2, 0.25) is 0 Å². The maximum atomic E-state index is 14.0. The fourth-order valence-electron chi connectivity index (χ4n) is 7.11. The number of nitrogens with one attached hydrogen (secondary N) is 2. The van der Waals surface area contributed by atoms with Gasteiger partial charge in [0.25, 0.3) is 0 Å². The molecule has 2 heterocycles. The van der Waals surface area contributed by atoms with Crippen molar-refractivity contribution in [1.29, 1.82) is 0 Å². The van der Waals surface area contributed by atoms with Crippen LogP contribution >= 0.6 is 0 Å². The van der Waals surface area contributed by atoms with Gasteiger partial charge < -0.3 is 20.9 Å². The van der Waals surface area contributed by atoms with Gasteiger partial charge in [0, 0.05) is 49.3 Å².